The van der Waals surface area contributed by atoms with Crippen LogP contribution in [-0.2, 0) is 4.74 Å². The molecule has 0 saturated carbocycles. The predicted octanol–water partition coefficient (Wildman–Crippen LogP) is 5.16. The average molecular weight is 499 g/mol. The molecule has 0 aromatic heterocycles. The molecule has 1 aromatic rings. The smallest absolute Gasteiger partial charge is 0.254 e. The first-order valence-electron chi connectivity index (χ1n) is 9.34. The van der Waals surface area contributed by atoms with Gasteiger partial charge in [0.25, 0.3) is 5.91 Å². The summed E-state index contributed by atoms with van der Waals surface area (Å²) < 4.78 is 4.88. The SMILES string of the molecule is O=C(N[C@H](OC[C@H]1CCCN2CCCC[C@H]12)C(Cl)(Cl)Cl)c1ccccc1Br. The molecular formula is C19H24BrCl3N2O2. The van der Waals surface area contributed by atoms with Crippen LogP contribution in [0.4, 0.5) is 0 Å². The Kier molecular flexibility index (Phi) is 7.73. The van der Waals surface area contributed by atoms with E-state index in [1.54, 1.807) is 18.2 Å². The fourth-order valence-electron chi connectivity index (χ4n) is 4.05. The van der Waals surface area contributed by atoms with Crippen molar-refractivity contribution in [3.8, 4) is 0 Å². The van der Waals surface area contributed by atoms with Gasteiger partial charge in [-0.3, -0.25) is 4.79 Å². The van der Waals surface area contributed by atoms with Crippen molar-refractivity contribution in [3.63, 3.8) is 0 Å². The second-order valence-corrected chi connectivity index (χ2v) is 10.4. The molecule has 3 rings (SSSR count). The van der Waals surface area contributed by atoms with E-state index in [9.17, 15) is 4.79 Å². The van der Waals surface area contributed by atoms with Gasteiger partial charge < -0.3 is 15.0 Å². The lowest BCUT2D eigenvalue weighted by molar-refractivity contribution is -0.0325. The number of halogens is 4. The lowest BCUT2D eigenvalue weighted by Crippen LogP contribution is -2.51. The van der Waals surface area contributed by atoms with Crippen LogP contribution >= 0.6 is 50.7 Å². The maximum absolute atomic E-state index is 12.6. The van der Waals surface area contributed by atoms with Crippen molar-refractivity contribution >= 4 is 56.6 Å². The Morgan fingerprint density at radius 1 is 1.22 bits per heavy atom. The van der Waals surface area contributed by atoms with Crippen LogP contribution < -0.4 is 5.32 Å². The summed E-state index contributed by atoms with van der Waals surface area (Å²) in [5, 5.41) is 2.73. The first-order chi connectivity index (χ1) is 12.9. The van der Waals surface area contributed by atoms with Crippen molar-refractivity contribution in [2.24, 2.45) is 5.92 Å². The van der Waals surface area contributed by atoms with E-state index in [1.165, 1.54) is 19.3 Å². The molecule has 0 radical (unpaired) electrons. The van der Waals surface area contributed by atoms with Crippen molar-refractivity contribution in [1.29, 1.82) is 0 Å². The third-order valence-corrected chi connectivity index (χ3v) is 6.67. The van der Waals surface area contributed by atoms with Gasteiger partial charge in [-0.25, -0.2) is 0 Å². The van der Waals surface area contributed by atoms with Crippen molar-refractivity contribution in [1.82, 2.24) is 10.2 Å². The van der Waals surface area contributed by atoms with Gasteiger partial charge in [0.15, 0.2) is 6.23 Å². The van der Waals surface area contributed by atoms with Crippen molar-refractivity contribution in [2.75, 3.05) is 19.7 Å². The van der Waals surface area contributed by atoms with E-state index in [0.29, 0.717) is 28.6 Å². The number of hydrogen-bond donors (Lipinski definition) is 1. The molecule has 0 spiro atoms. The minimum Gasteiger partial charge on any atom is -0.354 e. The zero-order chi connectivity index (χ0) is 19.4. The minimum absolute atomic E-state index is 0.346. The van der Waals surface area contributed by atoms with E-state index in [0.717, 1.165) is 25.9 Å². The number of fused-ring (bicyclic) bond motifs is 1. The largest absolute Gasteiger partial charge is 0.354 e. The molecule has 4 nitrogen and oxygen atoms in total. The van der Waals surface area contributed by atoms with Gasteiger partial charge >= 0.3 is 0 Å². The molecule has 1 amide bonds. The van der Waals surface area contributed by atoms with E-state index in [-0.39, 0.29) is 5.91 Å². The molecule has 2 saturated heterocycles. The zero-order valence-corrected chi connectivity index (χ0v) is 18.8. The summed E-state index contributed by atoms with van der Waals surface area (Å²) in [5.74, 6) is 0.0519. The van der Waals surface area contributed by atoms with Gasteiger partial charge in [0.05, 0.1) is 12.2 Å². The van der Waals surface area contributed by atoms with Crippen molar-refractivity contribution in [2.45, 2.75) is 48.2 Å². The number of carbonyl (C=O) groups excluding carboxylic acids is 1. The molecule has 27 heavy (non-hydrogen) atoms. The molecule has 0 aliphatic carbocycles. The van der Waals surface area contributed by atoms with Gasteiger partial charge in [-0.1, -0.05) is 53.4 Å². The minimum atomic E-state index is -1.75. The monoisotopic (exact) mass is 496 g/mol. The molecule has 2 aliphatic heterocycles. The van der Waals surface area contributed by atoms with Gasteiger partial charge in [0, 0.05) is 10.5 Å². The molecule has 0 unspecified atom stereocenters. The molecule has 1 N–H and O–H groups in total. The van der Waals surface area contributed by atoms with Crippen LogP contribution in [0.1, 0.15) is 42.5 Å². The van der Waals surface area contributed by atoms with Crippen LogP contribution in [-0.4, -0.2) is 46.6 Å². The summed E-state index contributed by atoms with van der Waals surface area (Å²) in [7, 11) is 0. The summed E-state index contributed by atoms with van der Waals surface area (Å²) in [6.07, 6.45) is 4.96. The summed E-state index contributed by atoms with van der Waals surface area (Å²) in [5.41, 5.74) is 0.469. The van der Waals surface area contributed by atoms with Gasteiger partial charge in [0.1, 0.15) is 0 Å². The Bertz CT molecular complexity index is 654. The average Bonchev–Trinajstić information content (AvgIpc) is 2.64. The predicted molar refractivity (Wildman–Crippen MR) is 114 cm³/mol. The number of carbonyl (C=O) groups is 1. The van der Waals surface area contributed by atoms with Crippen LogP contribution in [0, 0.1) is 5.92 Å². The fraction of sp³-hybridized carbons (Fsp3) is 0.632. The lowest BCUT2D eigenvalue weighted by atomic mass is 9.84. The van der Waals surface area contributed by atoms with Crippen molar-refractivity contribution in [3.05, 3.63) is 34.3 Å². The molecule has 3 atom stereocenters. The third-order valence-electron chi connectivity index (χ3n) is 5.38. The van der Waals surface area contributed by atoms with Crippen LogP contribution in [0.3, 0.4) is 0 Å². The van der Waals surface area contributed by atoms with Crippen LogP contribution in [0.15, 0.2) is 28.7 Å². The number of benzene rings is 1. The summed E-state index contributed by atoms with van der Waals surface area (Å²) in [4.78, 5) is 15.2. The Balaban J connectivity index is 1.63. The van der Waals surface area contributed by atoms with Crippen molar-refractivity contribution < 1.29 is 9.53 Å². The molecule has 0 bridgehead atoms. The Labute approximate surface area is 184 Å². The molecular weight excluding hydrogens is 474 g/mol. The van der Waals surface area contributed by atoms with E-state index in [4.69, 9.17) is 39.5 Å². The Morgan fingerprint density at radius 2 is 1.96 bits per heavy atom. The topological polar surface area (TPSA) is 41.6 Å². The summed E-state index contributed by atoms with van der Waals surface area (Å²) >= 11 is 21.7. The number of nitrogens with one attached hydrogen (secondary N) is 1. The number of ether oxygens (including phenoxy) is 1. The second-order valence-electron chi connectivity index (χ2n) is 7.21. The fourth-order valence-corrected chi connectivity index (χ4v) is 4.87. The van der Waals surface area contributed by atoms with E-state index < -0.39 is 10.0 Å². The maximum Gasteiger partial charge on any atom is 0.254 e. The van der Waals surface area contributed by atoms with Crippen LogP contribution in [0.25, 0.3) is 0 Å². The number of amides is 1. The number of nitrogens with zero attached hydrogens (tertiary/aromatic N) is 1. The molecule has 2 heterocycles. The summed E-state index contributed by atoms with van der Waals surface area (Å²) in [6.45, 7) is 2.79. The number of alkyl halides is 3. The highest BCUT2D eigenvalue weighted by molar-refractivity contribution is 9.10. The molecule has 150 valence electrons. The van der Waals surface area contributed by atoms with Gasteiger partial charge in [-0.05, 0) is 72.8 Å². The zero-order valence-electron chi connectivity index (χ0n) is 15.0. The standard InChI is InChI=1S/C19H24BrCl3N2O2/c20-15-8-2-1-7-14(15)17(26)24-18(19(21,22)23)27-12-13-6-5-11-25-10-4-3-9-16(13)25/h1-2,7-8,13,16,18H,3-6,9-12H2,(H,24,26)/t13-,16-,18-/m1/s1. The highest BCUT2D eigenvalue weighted by Gasteiger charge is 2.38. The highest BCUT2D eigenvalue weighted by Crippen LogP contribution is 2.34. The first kappa shape index (κ1) is 21.7. The van der Waals surface area contributed by atoms with E-state index in [2.05, 4.69) is 26.1 Å². The lowest BCUT2D eigenvalue weighted by Gasteiger charge is -2.44. The van der Waals surface area contributed by atoms with Gasteiger partial charge in [-0.15, -0.1) is 0 Å². The Hall–Kier alpha value is -0.0400. The maximum atomic E-state index is 12.6. The van der Waals surface area contributed by atoms with Crippen LogP contribution in [0.2, 0.25) is 0 Å². The van der Waals surface area contributed by atoms with Crippen LogP contribution in [0.5, 0.6) is 0 Å². The van der Waals surface area contributed by atoms with Gasteiger partial charge in [0.2, 0.25) is 3.79 Å². The highest BCUT2D eigenvalue weighted by atomic mass is 79.9. The molecule has 1 aromatic carbocycles. The third kappa shape index (κ3) is 5.74. The molecule has 2 aliphatic rings. The summed E-state index contributed by atoms with van der Waals surface area (Å²) in [6, 6.07) is 7.64. The van der Waals surface area contributed by atoms with E-state index in [1.807, 2.05) is 6.07 Å². The quantitative estimate of drug-likeness (QED) is 0.451. The number of piperidine rings is 2. The van der Waals surface area contributed by atoms with Gasteiger partial charge in [-0.2, -0.15) is 0 Å². The molecule has 8 heteroatoms. The molecule has 2 fully saturated rings. The normalized spacial score (nSPS) is 24.9. The number of hydrogen-bond acceptors (Lipinski definition) is 3. The Morgan fingerprint density at radius 3 is 2.70 bits per heavy atom. The first-order valence-corrected chi connectivity index (χ1v) is 11.3. The second kappa shape index (κ2) is 9.64. The number of rotatable bonds is 5. The van der Waals surface area contributed by atoms with E-state index >= 15 is 0 Å².